The van der Waals surface area contributed by atoms with Crippen LogP contribution in [0.15, 0.2) is 11.6 Å². The Morgan fingerprint density at radius 3 is 2.64 bits per heavy atom. The second-order valence-electron chi connectivity index (χ2n) is 5.09. The highest BCUT2D eigenvalue weighted by molar-refractivity contribution is 5.14. The minimum absolute atomic E-state index is 0.134. The first kappa shape index (κ1) is 10.2. The van der Waals surface area contributed by atoms with Crippen LogP contribution in [0.5, 0.6) is 0 Å². The summed E-state index contributed by atoms with van der Waals surface area (Å²) in [4.78, 5) is 0. The molecule has 80 valence electrons. The van der Waals surface area contributed by atoms with E-state index in [0.717, 1.165) is 24.8 Å². The number of aliphatic hydroxyl groups is 2. The van der Waals surface area contributed by atoms with Gasteiger partial charge in [0.1, 0.15) is 0 Å². The van der Waals surface area contributed by atoms with Gasteiger partial charge in [0.25, 0.3) is 0 Å². The van der Waals surface area contributed by atoms with Crippen molar-refractivity contribution in [1.29, 1.82) is 0 Å². The molecule has 0 aliphatic heterocycles. The molecule has 0 aromatic heterocycles. The number of aliphatic hydroxyl groups excluding tert-OH is 2. The third-order valence-corrected chi connectivity index (χ3v) is 3.97. The molecule has 5 atom stereocenters. The van der Waals surface area contributed by atoms with E-state index in [0.29, 0.717) is 17.8 Å². The lowest BCUT2D eigenvalue weighted by Gasteiger charge is -2.42. The Labute approximate surface area is 85.6 Å². The van der Waals surface area contributed by atoms with E-state index < -0.39 is 0 Å². The molecule has 0 heterocycles. The van der Waals surface area contributed by atoms with Gasteiger partial charge < -0.3 is 10.2 Å². The van der Waals surface area contributed by atoms with E-state index in [9.17, 15) is 10.2 Å². The van der Waals surface area contributed by atoms with Crippen LogP contribution in [0.3, 0.4) is 0 Å². The molecule has 0 aromatic rings. The van der Waals surface area contributed by atoms with E-state index >= 15 is 0 Å². The summed E-state index contributed by atoms with van der Waals surface area (Å²) >= 11 is 0. The zero-order valence-corrected chi connectivity index (χ0v) is 8.98. The van der Waals surface area contributed by atoms with Gasteiger partial charge in [-0.15, -0.1) is 0 Å². The van der Waals surface area contributed by atoms with Crippen LogP contribution in [-0.2, 0) is 0 Å². The Bertz CT molecular complexity index is 247. The standard InChI is InChI=1S/C12H20O2/c1-7-4-10(13)5-9-3-8(2)12(14)6-11(7)9/h3,7,9-14H,4-6H2,1-2H3/t7-,9-,10?,11+,12?/m1/s1. The van der Waals surface area contributed by atoms with Crippen LogP contribution in [0.4, 0.5) is 0 Å². The fourth-order valence-electron chi connectivity index (χ4n) is 3.10. The fourth-order valence-corrected chi connectivity index (χ4v) is 3.10. The fraction of sp³-hybridized carbons (Fsp3) is 0.833. The van der Waals surface area contributed by atoms with Gasteiger partial charge in [-0.05, 0) is 49.5 Å². The van der Waals surface area contributed by atoms with Gasteiger partial charge in [-0.25, -0.2) is 0 Å². The maximum absolute atomic E-state index is 9.77. The van der Waals surface area contributed by atoms with Crippen LogP contribution in [0.2, 0.25) is 0 Å². The predicted molar refractivity (Wildman–Crippen MR) is 55.8 cm³/mol. The second-order valence-corrected chi connectivity index (χ2v) is 5.09. The zero-order chi connectivity index (χ0) is 10.3. The molecule has 2 unspecified atom stereocenters. The molecule has 2 N–H and O–H groups in total. The predicted octanol–water partition coefficient (Wildman–Crippen LogP) is 1.72. The van der Waals surface area contributed by atoms with E-state index in [1.54, 1.807) is 0 Å². The molecule has 14 heavy (non-hydrogen) atoms. The highest BCUT2D eigenvalue weighted by atomic mass is 16.3. The van der Waals surface area contributed by atoms with Gasteiger partial charge in [-0.2, -0.15) is 0 Å². The van der Waals surface area contributed by atoms with Crippen molar-refractivity contribution >= 4 is 0 Å². The van der Waals surface area contributed by atoms with Crippen LogP contribution in [-0.4, -0.2) is 22.4 Å². The normalized spacial score (nSPS) is 48.3. The molecule has 0 radical (unpaired) electrons. The quantitative estimate of drug-likeness (QED) is 0.579. The van der Waals surface area contributed by atoms with Crippen molar-refractivity contribution in [2.45, 2.75) is 45.3 Å². The average molecular weight is 196 g/mol. The molecule has 0 spiro atoms. The summed E-state index contributed by atoms with van der Waals surface area (Å²) < 4.78 is 0. The van der Waals surface area contributed by atoms with Crippen molar-refractivity contribution in [2.24, 2.45) is 17.8 Å². The number of rotatable bonds is 0. The van der Waals surface area contributed by atoms with Gasteiger partial charge in [0.15, 0.2) is 0 Å². The zero-order valence-electron chi connectivity index (χ0n) is 8.98. The van der Waals surface area contributed by atoms with Crippen molar-refractivity contribution in [1.82, 2.24) is 0 Å². The van der Waals surface area contributed by atoms with Crippen LogP contribution in [0.1, 0.15) is 33.1 Å². The van der Waals surface area contributed by atoms with E-state index in [4.69, 9.17) is 0 Å². The summed E-state index contributed by atoms with van der Waals surface area (Å²) in [6.45, 7) is 4.19. The summed E-state index contributed by atoms with van der Waals surface area (Å²) in [5, 5.41) is 19.4. The molecule has 2 rings (SSSR count). The lowest BCUT2D eigenvalue weighted by Crippen LogP contribution is -2.38. The number of hydrogen-bond donors (Lipinski definition) is 2. The van der Waals surface area contributed by atoms with E-state index in [2.05, 4.69) is 13.0 Å². The lowest BCUT2D eigenvalue weighted by atomic mass is 9.66. The molecular weight excluding hydrogens is 176 g/mol. The molecule has 2 nitrogen and oxygen atoms in total. The minimum Gasteiger partial charge on any atom is -0.393 e. The average Bonchev–Trinajstić information content (AvgIpc) is 2.08. The Hall–Kier alpha value is -0.340. The summed E-state index contributed by atoms with van der Waals surface area (Å²) in [5.41, 5.74) is 1.09. The molecule has 0 aromatic carbocycles. The third kappa shape index (κ3) is 1.73. The van der Waals surface area contributed by atoms with Gasteiger partial charge in [-0.3, -0.25) is 0 Å². The number of fused-ring (bicyclic) bond motifs is 1. The SMILES string of the molecule is CC1=C[C@@H]2CC(O)C[C@@H](C)[C@@H]2CC1O. The topological polar surface area (TPSA) is 40.5 Å². The van der Waals surface area contributed by atoms with Crippen LogP contribution in [0, 0.1) is 17.8 Å². The highest BCUT2D eigenvalue weighted by Gasteiger charge is 2.37. The summed E-state index contributed by atoms with van der Waals surface area (Å²) in [6.07, 6.45) is 4.48. The maximum atomic E-state index is 9.77. The Morgan fingerprint density at radius 2 is 1.93 bits per heavy atom. The first-order chi connectivity index (χ1) is 6.58. The summed E-state index contributed by atoms with van der Waals surface area (Å²) in [5.74, 6) is 1.62. The van der Waals surface area contributed by atoms with Crippen molar-refractivity contribution in [2.75, 3.05) is 0 Å². The van der Waals surface area contributed by atoms with Gasteiger partial charge >= 0.3 is 0 Å². The van der Waals surface area contributed by atoms with E-state index in [-0.39, 0.29) is 12.2 Å². The monoisotopic (exact) mass is 196 g/mol. The molecular formula is C12H20O2. The first-order valence-corrected chi connectivity index (χ1v) is 5.62. The summed E-state index contributed by atoms with van der Waals surface area (Å²) in [6, 6.07) is 0. The summed E-state index contributed by atoms with van der Waals surface area (Å²) in [7, 11) is 0. The highest BCUT2D eigenvalue weighted by Crippen LogP contribution is 2.42. The van der Waals surface area contributed by atoms with E-state index in [1.807, 2.05) is 6.92 Å². The second kappa shape index (κ2) is 3.67. The molecule has 2 aliphatic rings. The molecule has 0 saturated heterocycles. The third-order valence-electron chi connectivity index (χ3n) is 3.97. The maximum Gasteiger partial charge on any atom is 0.0750 e. The first-order valence-electron chi connectivity index (χ1n) is 5.62. The number of hydrogen-bond acceptors (Lipinski definition) is 2. The molecule has 2 heteroatoms. The molecule has 1 fully saturated rings. The van der Waals surface area contributed by atoms with Crippen molar-refractivity contribution in [3.05, 3.63) is 11.6 Å². The Morgan fingerprint density at radius 1 is 1.21 bits per heavy atom. The van der Waals surface area contributed by atoms with Crippen LogP contribution < -0.4 is 0 Å². The van der Waals surface area contributed by atoms with Gasteiger partial charge in [-0.1, -0.05) is 13.0 Å². The molecule has 0 amide bonds. The smallest absolute Gasteiger partial charge is 0.0750 e. The number of allylic oxidation sites excluding steroid dienone is 1. The van der Waals surface area contributed by atoms with Crippen molar-refractivity contribution in [3.8, 4) is 0 Å². The van der Waals surface area contributed by atoms with Gasteiger partial charge in [0.2, 0.25) is 0 Å². The van der Waals surface area contributed by atoms with Gasteiger partial charge in [0, 0.05) is 0 Å². The van der Waals surface area contributed by atoms with Crippen molar-refractivity contribution in [3.63, 3.8) is 0 Å². The van der Waals surface area contributed by atoms with Gasteiger partial charge in [0.05, 0.1) is 12.2 Å². The Balaban J connectivity index is 2.17. The largest absolute Gasteiger partial charge is 0.393 e. The van der Waals surface area contributed by atoms with Crippen LogP contribution >= 0.6 is 0 Å². The van der Waals surface area contributed by atoms with Crippen LogP contribution in [0.25, 0.3) is 0 Å². The molecule has 2 aliphatic carbocycles. The molecule has 0 bridgehead atoms. The Kier molecular flexibility index (Phi) is 2.67. The lowest BCUT2D eigenvalue weighted by molar-refractivity contribution is 0.0215. The van der Waals surface area contributed by atoms with Crippen molar-refractivity contribution < 1.29 is 10.2 Å². The van der Waals surface area contributed by atoms with E-state index in [1.165, 1.54) is 0 Å². The minimum atomic E-state index is -0.242. The molecule has 1 saturated carbocycles.